The van der Waals surface area contributed by atoms with Crippen LogP contribution in [0.15, 0.2) is 47.1 Å². The van der Waals surface area contributed by atoms with E-state index in [1.54, 1.807) is 18.4 Å². The SMILES string of the molecule is CCCC(=O)n1nc(-c2ccco2)nc1NCc1ccccc1Cl. The second kappa shape index (κ2) is 7.31. The Bertz CT molecular complexity index is 827. The summed E-state index contributed by atoms with van der Waals surface area (Å²) in [5.41, 5.74) is 0.913. The Labute approximate surface area is 144 Å². The van der Waals surface area contributed by atoms with Crippen molar-refractivity contribution < 1.29 is 9.21 Å². The lowest BCUT2D eigenvalue weighted by atomic mass is 10.2. The molecule has 124 valence electrons. The molecule has 0 saturated heterocycles. The van der Waals surface area contributed by atoms with Gasteiger partial charge in [-0.25, -0.2) is 0 Å². The van der Waals surface area contributed by atoms with E-state index in [0.29, 0.717) is 35.5 Å². The van der Waals surface area contributed by atoms with Gasteiger partial charge in [0.25, 0.3) is 0 Å². The van der Waals surface area contributed by atoms with Crippen LogP contribution in [-0.2, 0) is 6.54 Å². The molecule has 1 N–H and O–H groups in total. The third-order valence-electron chi connectivity index (χ3n) is 3.44. The number of nitrogens with zero attached hydrogens (tertiary/aromatic N) is 3. The molecule has 2 aromatic heterocycles. The summed E-state index contributed by atoms with van der Waals surface area (Å²) in [5.74, 6) is 1.13. The van der Waals surface area contributed by atoms with Gasteiger partial charge in [0.2, 0.25) is 17.7 Å². The predicted molar refractivity (Wildman–Crippen MR) is 92.0 cm³/mol. The number of anilines is 1. The fourth-order valence-electron chi connectivity index (χ4n) is 2.25. The molecule has 0 fully saturated rings. The average molecular weight is 345 g/mol. The number of hydrogen-bond donors (Lipinski definition) is 1. The summed E-state index contributed by atoms with van der Waals surface area (Å²) >= 11 is 6.16. The van der Waals surface area contributed by atoms with Crippen LogP contribution in [0.3, 0.4) is 0 Å². The molecule has 7 heteroatoms. The quantitative estimate of drug-likeness (QED) is 0.723. The number of halogens is 1. The van der Waals surface area contributed by atoms with E-state index >= 15 is 0 Å². The van der Waals surface area contributed by atoms with Crippen molar-refractivity contribution in [3.8, 4) is 11.6 Å². The molecule has 0 saturated carbocycles. The zero-order chi connectivity index (χ0) is 16.9. The van der Waals surface area contributed by atoms with Crippen LogP contribution < -0.4 is 5.32 Å². The van der Waals surface area contributed by atoms with Gasteiger partial charge in [-0.2, -0.15) is 9.67 Å². The molecule has 24 heavy (non-hydrogen) atoms. The monoisotopic (exact) mass is 344 g/mol. The smallest absolute Gasteiger partial charge is 0.250 e. The van der Waals surface area contributed by atoms with Crippen LogP contribution in [0.2, 0.25) is 5.02 Å². The second-order valence-corrected chi connectivity index (χ2v) is 5.64. The molecule has 0 aliphatic heterocycles. The molecule has 3 rings (SSSR count). The maximum absolute atomic E-state index is 12.3. The highest BCUT2D eigenvalue weighted by molar-refractivity contribution is 6.31. The minimum absolute atomic E-state index is 0.121. The molecule has 0 aliphatic carbocycles. The lowest BCUT2D eigenvalue weighted by Crippen LogP contribution is -2.16. The number of benzene rings is 1. The molecule has 1 aromatic carbocycles. The number of aromatic nitrogens is 3. The predicted octanol–water partition coefficient (Wildman–Crippen LogP) is 4.24. The van der Waals surface area contributed by atoms with Gasteiger partial charge in [0, 0.05) is 18.0 Å². The van der Waals surface area contributed by atoms with Gasteiger partial charge in [0.1, 0.15) is 0 Å². The van der Waals surface area contributed by atoms with Crippen molar-refractivity contribution in [1.29, 1.82) is 0 Å². The Morgan fingerprint density at radius 2 is 2.12 bits per heavy atom. The molecule has 2 heterocycles. The van der Waals surface area contributed by atoms with Gasteiger partial charge in [-0.05, 0) is 30.2 Å². The first-order chi connectivity index (χ1) is 11.7. The number of furan rings is 1. The van der Waals surface area contributed by atoms with Crippen molar-refractivity contribution in [2.24, 2.45) is 0 Å². The van der Waals surface area contributed by atoms with E-state index in [1.807, 2.05) is 31.2 Å². The van der Waals surface area contributed by atoms with Crippen LogP contribution in [0, 0.1) is 0 Å². The maximum atomic E-state index is 12.3. The summed E-state index contributed by atoms with van der Waals surface area (Å²) < 4.78 is 6.60. The van der Waals surface area contributed by atoms with Gasteiger partial charge in [0.05, 0.1) is 6.26 Å². The van der Waals surface area contributed by atoms with Gasteiger partial charge in [-0.15, -0.1) is 5.10 Å². The Balaban J connectivity index is 1.87. The van der Waals surface area contributed by atoms with Crippen LogP contribution in [-0.4, -0.2) is 20.7 Å². The largest absolute Gasteiger partial charge is 0.461 e. The Kier molecular flexibility index (Phi) is 4.96. The summed E-state index contributed by atoms with van der Waals surface area (Å²) in [6, 6.07) is 11.0. The molecule has 3 aromatic rings. The minimum atomic E-state index is -0.121. The highest BCUT2D eigenvalue weighted by atomic mass is 35.5. The molecule has 6 nitrogen and oxygen atoms in total. The Morgan fingerprint density at radius 1 is 1.29 bits per heavy atom. The molecule has 0 aliphatic rings. The van der Waals surface area contributed by atoms with E-state index in [1.165, 1.54) is 4.68 Å². The Morgan fingerprint density at radius 3 is 2.83 bits per heavy atom. The summed E-state index contributed by atoms with van der Waals surface area (Å²) in [6.07, 6.45) is 2.67. The topological polar surface area (TPSA) is 73.0 Å². The lowest BCUT2D eigenvalue weighted by molar-refractivity contribution is 0.0888. The van der Waals surface area contributed by atoms with Crippen molar-refractivity contribution in [3.05, 3.63) is 53.2 Å². The van der Waals surface area contributed by atoms with E-state index in [4.69, 9.17) is 16.0 Å². The van der Waals surface area contributed by atoms with Crippen molar-refractivity contribution in [3.63, 3.8) is 0 Å². The fraction of sp³-hybridized carbons (Fsp3) is 0.235. The lowest BCUT2D eigenvalue weighted by Gasteiger charge is -2.08. The van der Waals surface area contributed by atoms with Gasteiger partial charge >= 0.3 is 0 Å². The van der Waals surface area contributed by atoms with Gasteiger partial charge in [0.15, 0.2) is 5.76 Å². The molecule has 0 unspecified atom stereocenters. The van der Waals surface area contributed by atoms with E-state index < -0.39 is 0 Å². The van der Waals surface area contributed by atoms with Crippen LogP contribution in [0.1, 0.15) is 30.1 Å². The second-order valence-electron chi connectivity index (χ2n) is 5.24. The van der Waals surface area contributed by atoms with Gasteiger partial charge in [-0.1, -0.05) is 36.7 Å². The average Bonchev–Trinajstić information content (AvgIpc) is 3.24. The highest BCUT2D eigenvalue weighted by Crippen LogP contribution is 2.20. The maximum Gasteiger partial charge on any atom is 0.250 e. The number of rotatable bonds is 6. The zero-order valence-corrected chi connectivity index (χ0v) is 14.0. The molecular weight excluding hydrogens is 328 g/mol. The molecule has 0 atom stereocenters. The summed E-state index contributed by atoms with van der Waals surface area (Å²) in [5, 5.41) is 8.06. The first kappa shape index (κ1) is 16.3. The van der Waals surface area contributed by atoms with Crippen LogP contribution in [0.4, 0.5) is 5.95 Å². The summed E-state index contributed by atoms with van der Waals surface area (Å²) in [7, 11) is 0. The van der Waals surface area contributed by atoms with E-state index in [-0.39, 0.29) is 5.91 Å². The molecule has 0 spiro atoms. The number of carbonyl (C=O) groups is 1. The van der Waals surface area contributed by atoms with Crippen LogP contribution in [0.25, 0.3) is 11.6 Å². The third kappa shape index (κ3) is 3.49. The highest BCUT2D eigenvalue weighted by Gasteiger charge is 2.18. The fourth-order valence-corrected chi connectivity index (χ4v) is 2.45. The van der Waals surface area contributed by atoms with Gasteiger partial charge in [-0.3, -0.25) is 4.79 Å². The van der Waals surface area contributed by atoms with E-state index in [9.17, 15) is 4.79 Å². The van der Waals surface area contributed by atoms with Crippen molar-refractivity contribution in [2.45, 2.75) is 26.3 Å². The number of hydrogen-bond acceptors (Lipinski definition) is 5. The molecule has 0 radical (unpaired) electrons. The van der Waals surface area contributed by atoms with E-state index in [0.717, 1.165) is 12.0 Å². The molecule has 0 amide bonds. The van der Waals surface area contributed by atoms with Crippen molar-refractivity contribution in [1.82, 2.24) is 14.8 Å². The first-order valence-corrected chi connectivity index (χ1v) is 8.08. The van der Waals surface area contributed by atoms with Gasteiger partial charge < -0.3 is 9.73 Å². The minimum Gasteiger partial charge on any atom is -0.461 e. The number of carbonyl (C=O) groups excluding carboxylic acids is 1. The van der Waals surface area contributed by atoms with E-state index in [2.05, 4.69) is 15.4 Å². The normalized spacial score (nSPS) is 10.8. The van der Waals surface area contributed by atoms with Crippen LogP contribution in [0.5, 0.6) is 0 Å². The summed E-state index contributed by atoms with van der Waals surface area (Å²) in [4.78, 5) is 16.7. The third-order valence-corrected chi connectivity index (χ3v) is 3.81. The zero-order valence-electron chi connectivity index (χ0n) is 13.2. The summed E-state index contributed by atoms with van der Waals surface area (Å²) in [6.45, 7) is 2.38. The van der Waals surface area contributed by atoms with Crippen LogP contribution >= 0.6 is 11.6 Å². The molecular formula is C17H17ClN4O2. The van der Waals surface area contributed by atoms with Crippen molar-refractivity contribution in [2.75, 3.05) is 5.32 Å². The Hall–Kier alpha value is -2.60. The first-order valence-electron chi connectivity index (χ1n) is 7.70. The number of nitrogens with one attached hydrogen (secondary N) is 1. The van der Waals surface area contributed by atoms with Crippen molar-refractivity contribution >= 4 is 23.5 Å². The molecule has 0 bridgehead atoms. The standard InChI is InChI=1S/C17H17ClN4O2/c1-2-6-15(23)22-17(19-11-12-7-3-4-8-13(12)18)20-16(21-22)14-9-5-10-24-14/h3-5,7-10H,2,6,11H2,1H3,(H,19,20,21).